The van der Waals surface area contributed by atoms with Gasteiger partial charge in [0.15, 0.2) is 0 Å². The van der Waals surface area contributed by atoms with Crippen molar-refractivity contribution in [3.8, 4) is 0 Å². The van der Waals surface area contributed by atoms with Crippen LogP contribution in [0.2, 0.25) is 0 Å². The molecule has 28 heavy (non-hydrogen) atoms. The third-order valence-corrected chi connectivity index (χ3v) is 4.73. The Bertz CT molecular complexity index is 992. The zero-order valence-electron chi connectivity index (χ0n) is 16.2. The fourth-order valence-corrected chi connectivity index (χ4v) is 3.44. The van der Waals surface area contributed by atoms with E-state index in [4.69, 9.17) is 4.98 Å². The van der Waals surface area contributed by atoms with Crippen LogP contribution in [0.3, 0.4) is 0 Å². The second kappa shape index (κ2) is 8.69. The number of carboxylic acids is 1. The van der Waals surface area contributed by atoms with Crippen molar-refractivity contribution in [1.29, 1.82) is 0 Å². The third-order valence-electron chi connectivity index (χ3n) is 4.73. The fourth-order valence-electron chi connectivity index (χ4n) is 3.44. The van der Waals surface area contributed by atoms with E-state index in [1.54, 1.807) is 24.3 Å². The monoisotopic (exact) mass is 379 g/mol. The number of carbonyl (C=O) groups excluding carboxylic acids is 1. The average molecular weight is 379 g/mol. The highest BCUT2D eigenvalue weighted by atomic mass is 16.4. The highest BCUT2D eigenvalue weighted by Crippen LogP contribution is 2.21. The van der Waals surface area contributed by atoms with Crippen molar-refractivity contribution in [2.45, 2.75) is 39.2 Å². The molecule has 2 N–H and O–H groups in total. The maximum atomic E-state index is 12.2. The maximum Gasteiger partial charge on any atom is 0.335 e. The molecular weight excluding hydrogens is 354 g/mol. The second-order valence-electron chi connectivity index (χ2n) is 7.04. The number of para-hydroxylation sites is 2. The number of aromatic nitrogens is 2. The summed E-state index contributed by atoms with van der Waals surface area (Å²) >= 11 is 0. The third kappa shape index (κ3) is 4.39. The van der Waals surface area contributed by atoms with Crippen LogP contribution in [0.1, 0.15) is 48.1 Å². The van der Waals surface area contributed by atoms with E-state index < -0.39 is 5.97 Å². The number of rotatable bonds is 8. The lowest BCUT2D eigenvalue weighted by atomic mass is 10.0. The Morgan fingerprint density at radius 3 is 2.54 bits per heavy atom. The maximum absolute atomic E-state index is 12.2. The van der Waals surface area contributed by atoms with Gasteiger partial charge in [0.05, 0.1) is 16.6 Å². The fraction of sp³-hybridized carbons (Fsp3) is 0.318. The number of hydrogen-bond donors (Lipinski definition) is 2. The second-order valence-corrected chi connectivity index (χ2v) is 7.04. The number of amides is 1. The van der Waals surface area contributed by atoms with Gasteiger partial charge in [-0.25, -0.2) is 9.78 Å². The van der Waals surface area contributed by atoms with E-state index in [0.29, 0.717) is 24.9 Å². The zero-order chi connectivity index (χ0) is 20.1. The molecular formula is C22H25N3O3. The first-order valence-corrected chi connectivity index (χ1v) is 9.51. The number of hydrogen-bond acceptors (Lipinski definition) is 3. The number of benzene rings is 2. The molecule has 1 amide bonds. The minimum absolute atomic E-state index is 0.0904. The molecule has 0 spiro atoms. The molecule has 0 radical (unpaired) electrons. The molecule has 6 nitrogen and oxygen atoms in total. The topological polar surface area (TPSA) is 84.2 Å². The molecule has 0 aliphatic rings. The van der Waals surface area contributed by atoms with Gasteiger partial charge in [-0.3, -0.25) is 4.79 Å². The van der Waals surface area contributed by atoms with E-state index in [9.17, 15) is 14.7 Å². The Hall–Kier alpha value is -3.15. The Labute approximate surface area is 164 Å². The summed E-state index contributed by atoms with van der Waals surface area (Å²) in [4.78, 5) is 28.1. The summed E-state index contributed by atoms with van der Waals surface area (Å²) < 4.78 is 2.20. The molecule has 0 aliphatic carbocycles. The smallest absolute Gasteiger partial charge is 0.335 e. The van der Waals surface area contributed by atoms with E-state index in [-0.39, 0.29) is 23.9 Å². The van der Waals surface area contributed by atoms with Crippen LogP contribution in [0.25, 0.3) is 11.0 Å². The van der Waals surface area contributed by atoms with Crippen molar-refractivity contribution in [3.05, 3.63) is 65.5 Å². The van der Waals surface area contributed by atoms with E-state index in [1.807, 2.05) is 18.2 Å². The molecule has 2 aromatic carbocycles. The molecule has 3 aromatic rings. The number of imidazole rings is 1. The zero-order valence-corrected chi connectivity index (χ0v) is 16.2. The minimum atomic E-state index is -0.969. The van der Waals surface area contributed by atoms with Gasteiger partial charge < -0.3 is 15.0 Å². The lowest BCUT2D eigenvalue weighted by molar-refractivity contribution is -0.121. The predicted molar refractivity (Wildman–Crippen MR) is 109 cm³/mol. The van der Waals surface area contributed by atoms with Gasteiger partial charge in [0.25, 0.3) is 0 Å². The number of aryl methyl sites for hydroxylation is 1. The first kappa shape index (κ1) is 19.6. The number of aromatic carboxylic acids is 1. The van der Waals surface area contributed by atoms with Crippen molar-refractivity contribution in [1.82, 2.24) is 14.9 Å². The highest BCUT2D eigenvalue weighted by Gasteiger charge is 2.14. The molecule has 3 rings (SSSR count). The van der Waals surface area contributed by atoms with Crippen LogP contribution in [0.4, 0.5) is 0 Å². The molecule has 0 saturated carbocycles. The Morgan fingerprint density at radius 2 is 1.79 bits per heavy atom. The van der Waals surface area contributed by atoms with E-state index in [0.717, 1.165) is 16.9 Å². The van der Waals surface area contributed by atoms with Crippen LogP contribution in [0.5, 0.6) is 0 Å². The van der Waals surface area contributed by atoms with Crippen LogP contribution in [0.15, 0.2) is 48.5 Å². The Balaban J connectivity index is 1.57. The Morgan fingerprint density at radius 1 is 1.07 bits per heavy atom. The molecule has 0 fully saturated rings. The summed E-state index contributed by atoms with van der Waals surface area (Å²) in [6, 6.07) is 15.1. The van der Waals surface area contributed by atoms with Crippen molar-refractivity contribution in [3.63, 3.8) is 0 Å². The largest absolute Gasteiger partial charge is 0.478 e. The molecule has 0 bridgehead atoms. The number of fused-ring (bicyclic) bond motifs is 1. The van der Waals surface area contributed by atoms with Crippen molar-refractivity contribution in [2.24, 2.45) is 0 Å². The van der Waals surface area contributed by atoms with E-state index >= 15 is 0 Å². The number of carboxylic acid groups (broad SMARTS) is 1. The first-order valence-electron chi connectivity index (χ1n) is 9.51. The lowest BCUT2D eigenvalue weighted by Gasteiger charge is -2.13. The van der Waals surface area contributed by atoms with Gasteiger partial charge in [-0.2, -0.15) is 0 Å². The number of carbonyl (C=O) groups is 2. The standard InChI is InChI=1S/C22H25N3O3/c1-15(2)25-19-10-6-5-9-18(19)24-20(25)13-14-23-21(26)12-11-16-7-3-4-8-17(16)22(27)28/h3-10,15H,11-14H2,1-2H3,(H,23,26)(H,27,28). The molecule has 0 unspecified atom stereocenters. The highest BCUT2D eigenvalue weighted by molar-refractivity contribution is 5.89. The van der Waals surface area contributed by atoms with Crippen molar-refractivity contribution in [2.75, 3.05) is 6.54 Å². The molecule has 146 valence electrons. The Kier molecular flexibility index (Phi) is 6.09. The van der Waals surface area contributed by atoms with Crippen LogP contribution < -0.4 is 5.32 Å². The van der Waals surface area contributed by atoms with E-state index in [1.165, 1.54) is 0 Å². The summed E-state index contributed by atoms with van der Waals surface area (Å²) in [7, 11) is 0. The molecule has 0 aliphatic heterocycles. The molecule has 0 saturated heterocycles. The normalized spacial score (nSPS) is 11.1. The summed E-state index contributed by atoms with van der Waals surface area (Å²) in [6.07, 6.45) is 1.30. The lowest BCUT2D eigenvalue weighted by Crippen LogP contribution is -2.27. The van der Waals surface area contributed by atoms with Gasteiger partial charge in [0, 0.05) is 25.4 Å². The van der Waals surface area contributed by atoms with Crippen LogP contribution >= 0.6 is 0 Å². The minimum Gasteiger partial charge on any atom is -0.478 e. The van der Waals surface area contributed by atoms with Crippen molar-refractivity contribution < 1.29 is 14.7 Å². The summed E-state index contributed by atoms with van der Waals surface area (Å²) in [6.45, 7) is 4.74. The van der Waals surface area contributed by atoms with Gasteiger partial charge >= 0.3 is 5.97 Å². The van der Waals surface area contributed by atoms with Crippen LogP contribution in [-0.4, -0.2) is 33.1 Å². The summed E-state index contributed by atoms with van der Waals surface area (Å²) in [5, 5.41) is 12.1. The van der Waals surface area contributed by atoms with Gasteiger partial charge in [0.1, 0.15) is 5.82 Å². The first-order chi connectivity index (χ1) is 13.5. The summed E-state index contributed by atoms with van der Waals surface area (Å²) in [5.41, 5.74) is 2.99. The van der Waals surface area contributed by atoms with Crippen LogP contribution in [-0.2, 0) is 17.6 Å². The molecule has 1 aromatic heterocycles. The van der Waals surface area contributed by atoms with Gasteiger partial charge in [-0.05, 0) is 44.0 Å². The average Bonchev–Trinajstić information content (AvgIpc) is 3.05. The number of nitrogens with one attached hydrogen (secondary N) is 1. The van der Waals surface area contributed by atoms with Gasteiger partial charge in [-0.1, -0.05) is 30.3 Å². The van der Waals surface area contributed by atoms with Gasteiger partial charge in [-0.15, -0.1) is 0 Å². The van der Waals surface area contributed by atoms with Crippen molar-refractivity contribution >= 4 is 22.9 Å². The van der Waals surface area contributed by atoms with Crippen LogP contribution in [0, 0.1) is 0 Å². The van der Waals surface area contributed by atoms with Gasteiger partial charge in [0.2, 0.25) is 5.91 Å². The summed E-state index contributed by atoms with van der Waals surface area (Å²) in [5.74, 6) is -0.108. The quantitative estimate of drug-likeness (QED) is 0.626. The SMILES string of the molecule is CC(C)n1c(CCNC(=O)CCc2ccccc2C(=O)O)nc2ccccc21. The predicted octanol–water partition coefficient (Wildman–Crippen LogP) is 3.61. The number of nitrogens with zero attached hydrogens (tertiary/aromatic N) is 2. The van der Waals surface area contributed by atoms with E-state index in [2.05, 4.69) is 29.8 Å². The molecule has 1 heterocycles. The molecule has 6 heteroatoms. The molecule has 0 atom stereocenters.